The number of hydrogen-bond donors (Lipinski definition) is 0. The normalized spacial score (nSPS) is 14.8. The van der Waals surface area contributed by atoms with Gasteiger partial charge in [0.05, 0.1) is 64.1 Å². The molecule has 0 atom stereocenters. The van der Waals surface area contributed by atoms with Crippen molar-refractivity contribution in [3.05, 3.63) is 93.6 Å². The Morgan fingerprint density at radius 1 is 0.470 bits per heavy atom. The number of ether oxygens (including phenoxy) is 6. The maximum absolute atomic E-state index is 13.3. The van der Waals surface area contributed by atoms with Crippen LogP contribution in [0.5, 0.6) is 34.5 Å². The lowest BCUT2D eigenvalue weighted by atomic mass is 10.1. The van der Waals surface area contributed by atoms with Gasteiger partial charge in [0.15, 0.2) is 10.3 Å². The zero-order valence-corrected chi connectivity index (χ0v) is 41.7. The van der Waals surface area contributed by atoms with Crippen LogP contribution in [0.1, 0.15) is 0 Å². The van der Waals surface area contributed by atoms with Gasteiger partial charge in [0.25, 0.3) is 0 Å². The summed E-state index contributed by atoms with van der Waals surface area (Å²) in [4.78, 5) is 13.9. The number of hydrogen-bond acceptors (Lipinski definition) is 16. The monoisotopic (exact) mass is 1020 g/mol. The molecule has 22 heteroatoms. The van der Waals surface area contributed by atoms with E-state index in [0.29, 0.717) is 85.4 Å². The molecule has 0 aliphatic carbocycles. The third kappa shape index (κ3) is 10.7. The first-order valence-electron chi connectivity index (χ1n) is 20.3. The second-order valence-electron chi connectivity index (χ2n) is 14.6. The van der Waals surface area contributed by atoms with Crippen molar-refractivity contribution >= 4 is 76.2 Å². The molecule has 66 heavy (non-hydrogen) atoms. The van der Waals surface area contributed by atoms with Crippen molar-refractivity contribution in [2.45, 2.75) is 9.79 Å². The van der Waals surface area contributed by atoms with Gasteiger partial charge in [-0.2, -0.15) is 8.61 Å². The highest BCUT2D eigenvalue weighted by Gasteiger charge is 2.33. The zero-order valence-electron chi connectivity index (χ0n) is 36.9. The molecule has 2 fully saturated rings. The second-order valence-corrected chi connectivity index (χ2v) is 20.9. The van der Waals surface area contributed by atoms with Gasteiger partial charge < -0.3 is 38.2 Å². The first kappa shape index (κ1) is 48.9. The molecule has 4 aromatic carbocycles. The van der Waals surface area contributed by atoms with E-state index in [0.717, 1.165) is 32.8 Å². The highest BCUT2D eigenvalue weighted by atomic mass is 35.5. The summed E-state index contributed by atoms with van der Waals surface area (Å²) >= 11 is 15.2. The second kappa shape index (κ2) is 21.3. The Hall–Kier alpha value is -5.06. The third-order valence-electron chi connectivity index (χ3n) is 10.8. The van der Waals surface area contributed by atoms with E-state index in [9.17, 15) is 16.8 Å². The lowest BCUT2D eigenvalue weighted by Gasteiger charge is -2.34. The van der Waals surface area contributed by atoms with E-state index >= 15 is 0 Å². The first-order valence-corrected chi connectivity index (χ1v) is 25.7. The van der Waals surface area contributed by atoms with Crippen LogP contribution < -0.4 is 38.2 Å². The summed E-state index contributed by atoms with van der Waals surface area (Å²) in [7, 11) is 1.75. The topological polar surface area (TPSA) is 162 Å². The number of sulfonamides is 2. The number of halogens is 2. The molecule has 0 amide bonds. The molecule has 0 N–H and O–H groups in total. The molecule has 0 radical (unpaired) electrons. The van der Waals surface area contributed by atoms with Gasteiger partial charge in [-0.1, -0.05) is 29.3 Å². The molecule has 2 aromatic heterocycles. The fourth-order valence-electron chi connectivity index (χ4n) is 7.19. The molecular formula is C44H48Cl2N6O10S4. The Kier molecular flexibility index (Phi) is 15.7. The Labute approximate surface area is 402 Å². The quantitative estimate of drug-likeness (QED) is 0.103. The molecule has 0 unspecified atom stereocenters. The highest BCUT2D eigenvalue weighted by Crippen LogP contribution is 2.37. The molecule has 2 aliphatic rings. The van der Waals surface area contributed by atoms with E-state index in [2.05, 4.69) is 9.80 Å². The molecule has 2 saturated heterocycles. The minimum absolute atomic E-state index is 0.130. The molecule has 8 rings (SSSR count). The van der Waals surface area contributed by atoms with Crippen molar-refractivity contribution in [1.29, 1.82) is 0 Å². The van der Waals surface area contributed by atoms with E-state index in [1.54, 1.807) is 50.6 Å². The summed E-state index contributed by atoms with van der Waals surface area (Å²) in [6, 6.07) is 20.5. The lowest BCUT2D eigenvalue weighted by molar-refractivity contribution is 0.369. The number of rotatable bonds is 14. The van der Waals surface area contributed by atoms with Gasteiger partial charge >= 0.3 is 0 Å². The van der Waals surface area contributed by atoms with Gasteiger partial charge in [-0.05, 0) is 48.5 Å². The number of benzene rings is 4. The molecule has 4 heterocycles. The number of aromatic nitrogens is 2. The number of thiazole rings is 2. The fourth-order valence-corrected chi connectivity index (χ4v) is 12.4. The molecule has 2 aliphatic heterocycles. The number of nitrogens with zero attached hydrogens (tertiary/aromatic N) is 6. The van der Waals surface area contributed by atoms with Crippen LogP contribution in [0.25, 0.3) is 22.5 Å². The predicted octanol–water partition coefficient (Wildman–Crippen LogP) is 8.00. The van der Waals surface area contributed by atoms with Gasteiger partial charge in [0.2, 0.25) is 20.0 Å². The van der Waals surface area contributed by atoms with Gasteiger partial charge in [-0.25, -0.2) is 26.8 Å². The van der Waals surface area contributed by atoms with Crippen molar-refractivity contribution in [1.82, 2.24) is 18.6 Å². The molecule has 16 nitrogen and oxygen atoms in total. The summed E-state index contributed by atoms with van der Waals surface area (Å²) in [5.41, 5.74) is 3.40. The van der Waals surface area contributed by atoms with Crippen LogP contribution in [0.15, 0.2) is 93.3 Å². The number of piperazine rings is 2. The predicted molar refractivity (Wildman–Crippen MR) is 259 cm³/mol. The molecule has 0 bridgehead atoms. The molecule has 352 valence electrons. The summed E-state index contributed by atoms with van der Waals surface area (Å²) in [5.74, 6) is 2.98. The zero-order chi connectivity index (χ0) is 47.2. The minimum atomic E-state index is -3.71. The van der Waals surface area contributed by atoms with Crippen LogP contribution in [-0.2, 0) is 20.0 Å². The fraction of sp³-hybridized carbons (Fsp3) is 0.318. The number of methoxy groups -OCH3 is 6. The van der Waals surface area contributed by atoms with Crippen LogP contribution >= 0.6 is 45.9 Å². The van der Waals surface area contributed by atoms with Gasteiger partial charge in [0.1, 0.15) is 44.3 Å². The van der Waals surface area contributed by atoms with Crippen molar-refractivity contribution < 1.29 is 45.3 Å². The smallest absolute Gasteiger partial charge is 0.246 e. The minimum Gasteiger partial charge on any atom is -0.497 e. The first-order chi connectivity index (χ1) is 31.7. The van der Waals surface area contributed by atoms with Gasteiger partial charge in [-0.3, -0.25) is 0 Å². The van der Waals surface area contributed by atoms with Crippen LogP contribution in [0.2, 0.25) is 10.0 Å². The largest absolute Gasteiger partial charge is 0.497 e. The average Bonchev–Trinajstić information content (AvgIpc) is 4.06. The SMILES string of the molecule is COc1cc(OC)cc(-c2csc(N3CCN(S(=O)(=O)c4ccc(OC)cc4OC)CC3)n2)c1.COc1ccc(S(=O)(=O)N2CCN(c3nc(-c4ccc(Cl)c(Cl)c4)cs3)CC2)c(OC)c1. The molecular weight excluding hydrogens is 972 g/mol. The van der Waals surface area contributed by atoms with Crippen LogP contribution in [0, 0.1) is 0 Å². The van der Waals surface area contributed by atoms with E-state index in [1.807, 2.05) is 35.0 Å². The molecule has 6 aromatic rings. The van der Waals surface area contributed by atoms with E-state index in [-0.39, 0.29) is 21.3 Å². The standard InChI is InChI=1S/C23H27N3O6S2.C21H21Cl2N3O4S2/c1-29-17-5-6-22(21(14-17)32-4)34(27,28)26-9-7-25(8-10-26)23-24-20(15-33-23)16-11-18(30-2)13-19(12-16)31-3;1-29-15-4-6-20(19(12-15)30-2)32(27,28)26-9-7-25(8-10-26)21-24-18(13-31-21)14-3-5-16(22)17(23)11-14/h5-6,11-15H,7-10H2,1-4H3;3-6,11-13H,7-10H2,1-2H3. The average molecular weight is 1020 g/mol. The lowest BCUT2D eigenvalue weighted by Crippen LogP contribution is -2.48. The Morgan fingerprint density at radius 3 is 1.29 bits per heavy atom. The third-order valence-corrected chi connectivity index (χ3v) is 17.3. The number of anilines is 2. The van der Waals surface area contributed by atoms with Crippen LogP contribution in [0.4, 0.5) is 10.3 Å². The Morgan fingerprint density at radius 2 is 0.894 bits per heavy atom. The molecule has 0 spiro atoms. The van der Waals surface area contributed by atoms with Gasteiger partial charge in [0, 0.05) is 92.4 Å². The van der Waals surface area contributed by atoms with E-state index in [4.69, 9.17) is 61.6 Å². The summed E-state index contributed by atoms with van der Waals surface area (Å²) in [6.45, 7) is 3.52. The highest BCUT2D eigenvalue weighted by molar-refractivity contribution is 7.89. The van der Waals surface area contributed by atoms with Crippen LogP contribution in [-0.4, -0.2) is 130 Å². The Bertz CT molecular complexity index is 2850. The van der Waals surface area contributed by atoms with Crippen molar-refractivity contribution in [3.63, 3.8) is 0 Å². The summed E-state index contributed by atoms with van der Waals surface area (Å²) < 4.78 is 87.6. The summed E-state index contributed by atoms with van der Waals surface area (Å²) in [6.07, 6.45) is 0. The molecule has 0 saturated carbocycles. The Balaban J connectivity index is 0.000000197. The summed E-state index contributed by atoms with van der Waals surface area (Å²) in [5, 5.41) is 6.60. The van der Waals surface area contributed by atoms with E-state index in [1.165, 1.54) is 71.9 Å². The van der Waals surface area contributed by atoms with E-state index < -0.39 is 20.0 Å². The van der Waals surface area contributed by atoms with Crippen molar-refractivity contribution in [2.75, 3.05) is 105 Å². The van der Waals surface area contributed by atoms with Crippen LogP contribution in [0.3, 0.4) is 0 Å². The van der Waals surface area contributed by atoms with Gasteiger partial charge in [-0.15, -0.1) is 22.7 Å². The van der Waals surface area contributed by atoms with Crippen molar-refractivity contribution in [3.8, 4) is 57.0 Å². The maximum Gasteiger partial charge on any atom is 0.246 e. The maximum atomic E-state index is 13.3. The van der Waals surface area contributed by atoms with Crippen molar-refractivity contribution in [2.24, 2.45) is 0 Å².